The second-order valence-corrected chi connectivity index (χ2v) is 4.75. The van der Waals surface area contributed by atoms with E-state index in [1.54, 1.807) is 0 Å². The third-order valence-corrected chi connectivity index (χ3v) is 3.50. The number of thiophene rings is 1. The van der Waals surface area contributed by atoms with Gasteiger partial charge < -0.3 is 0 Å². The number of hydrogen-bond donors (Lipinski definition) is 2. The Balaban J connectivity index is 2.79. The van der Waals surface area contributed by atoms with E-state index in [2.05, 4.69) is 38.3 Å². The number of hydrogen-bond acceptors (Lipinski definition) is 3. The predicted octanol–water partition coefficient (Wildman–Crippen LogP) is 2.47. The Bertz CT molecular complexity index is 255. The topological polar surface area (TPSA) is 38.0 Å². The normalized spacial score (nSPS) is 13.6. The first kappa shape index (κ1) is 10.7. The molecule has 0 aliphatic carbocycles. The summed E-state index contributed by atoms with van der Waals surface area (Å²) in [5.74, 6) is 6.05. The van der Waals surface area contributed by atoms with Crippen LogP contribution in [0.4, 0.5) is 0 Å². The molecule has 1 atom stereocenters. The van der Waals surface area contributed by atoms with Crippen molar-refractivity contribution in [1.29, 1.82) is 0 Å². The zero-order chi connectivity index (χ0) is 9.84. The van der Waals surface area contributed by atoms with Crippen molar-refractivity contribution in [1.82, 2.24) is 5.43 Å². The van der Waals surface area contributed by atoms with Crippen molar-refractivity contribution in [3.63, 3.8) is 0 Å². The largest absolute Gasteiger partial charge is 0.271 e. The molecule has 0 amide bonds. The molecular formula is C10H18N2S. The fraction of sp³-hybridized carbons (Fsp3) is 0.600. The quantitative estimate of drug-likeness (QED) is 0.576. The first-order valence-electron chi connectivity index (χ1n) is 4.73. The minimum absolute atomic E-state index is 0.297. The van der Waals surface area contributed by atoms with Crippen molar-refractivity contribution in [2.45, 2.75) is 33.2 Å². The van der Waals surface area contributed by atoms with E-state index in [0.29, 0.717) is 12.0 Å². The van der Waals surface area contributed by atoms with Gasteiger partial charge in [0, 0.05) is 9.75 Å². The molecule has 1 aromatic heterocycles. The molecule has 3 N–H and O–H groups in total. The van der Waals surface area contributed by atoms with Crippen LogP contribution in [0.15, 0.2) is 12.1 Å². The molecule has 0 radical (unpaired) electrons. The van der Waals surface area contributed by atoms with Gasteiger partial charge in [-0.1, -0.05) is 20.8 Å². The molecule has 1 aromatic rings. The summed E-state index contributed by atoms with van der Waals surface area (Å²) in [4.78, 5) is 2.77. The van der Waals surface area contributed by atoms with E-state index in [1.165, 1.54) is 9.75 Å². The van der Waals surface area contributed by atoms with Crippen LogP contribution in [0, 0.1) is 5.92 Å². The lowest BCUT2D eigenvalue weighted by Crippen LogP contribution is -2.30. The molecule has 0 saturated heterocycles. The summed E-state index contributed by atoms with van der Waals surface area (Å²) in [5.41, 5.74) is 2.87. The smallest absolute Gasteiger partial charge is 0.0576 e. The van der Waals surface area contributed by atoms with Crippen molar-refractivity contribution in [3.8, 4) is 0 Å². The average molecular weight is 198 g/mol. The van der Waals surface area contributed by atoms with Crippen LogP contribution in [0.25, 0.3) is 0 Å². The van der Waals surface area contributed by atoms with Gasteiger partial charge in [0.05, 0.1) is 6.04 Å². The molecule has 0 bridgehead atoms. The minimum atomic E-state index is 0.297. The van der Waals surface area contributed by atoms with Crippen LogP contribution in [-0.4, -0.2) is 0 Å². The van der Waals surface area contributed by atoms with Gasteiger partial charge in [-0.25, -0.2) is 0 Å². The number of nitrogens with two attached hydrogens (primary N) is 1. The van der Waals surface area contributed by atoms with Gasteiger partial charge in [0.15, 0.2) is 0 Å². The maximum Gasteiger partial charge on any atom is 0.0576 e. The molecule has 2 nitrogen and oxygen atoms in total. The lowest BCUT2D eigenvalue weighted by Gasteiger charge is -2.17. The average Bonchev–Trinajstić information content (AvgIpc) is 2.53. The van der Waals surface area contributed by atoms with Crippen LogP contribution in [-0.2, 0) is 6.42 Å². The minimum Gasteiger partial charge on any atom is -0.271 e. The maximum atomic E-state index is 5.51. The summed E-state index contributed by atoms with van der Waals surface area (Å²) in [7, 11) is 0. The molecule has 0 aliphatic heterocycles. The highest BCUT2D eigenvalue weighted by Crippen LogP contribution is 2.27. The Kier molecular flexibility index (Phi) is 3.90. The molecule has 13 heavy (non-hydrogen) atoms. The van der Waals surface area contributed by atoms with Gasteiger partial charge >= 0.3 is 0 Å². The van der Waals surface area contributed by atoms with Gasteiger partial charge in [0.2, 0.25) is 0 Å². The standard InChI is InChI=1S/C10H18N2S/c1-4-8-5-6-9(13-8)10(12-11)7(2)3/h5-7,10,12H,4,11H2,1-3H3. The van der Waals surface area contributed by atoms with Gasteiger partial charge in [-0.15, -0.1) is 11.3 Å². The fourth-order valence-corrected chi connectivity index (χ4v) is 2.54. The molecule has 0 aromatic carbocycles. The summed E-state index contributed by atoms with van der Waals surface area (Å²) < 4.78 is 0. The first-order valence-corrected chi connectivity index (χ1v) is 5.55. The van der Waals surface area contributed by atoms with Crippen LogP contribution in [0.2, 0.25) is 0 Å². The third kappa shape index (κ3) is 2.53. The van der Waals surface area contributed by atoms with Crippen LogP contribution in [0.5, 0.6) is 0 Å². The van der Waals surface area contributed by atoms with Gasteiger partial charge in [-0.2, -0.15) is 0 Å². The van der Waals surface area contributed by atoms with Crippen molar-refractivity contribution in [2.24, 2.45) is 11.8 Å². The Morgan fingerprint density at radius 1 is 1.46 bits per heavy atom. The molecule has 0 saturated carbocycles. The van der Waals surface area contributed by atoms with E-state index in [0.717, 1.165) is 6.42 Å². The Morgan fingerprint density at radius 2 is 2.15 bits per heavy atom. The predicted molar refractivity (Wildman–Crippen MR) is 58.6 cm³/mol. The van der Waals surface area contributed by atoms with E-state index >= 15 is 0 Å². The van der Waals surface area contributed by atoms with Gasteiger partial charge in [0.1, 0.15) is 0 Å². The van der Waals surface area contributed by atoms with Crippen LogP contribution < -0.4 is 11.3 Å². The number of nitrogens with one attached hydrogen (secondary N) is 1. The Labute approximate surface area is 84.1 Å². The van der Waals surface area contributed by atoms with Gasteiger partial charge in [-0.3, -0.25) is 11.3 Å². The van der Waals surface area contributed by atoms with E-state index in [4.69, 9.17) is 5.84 Å². The van der Waals surface area contributed by atoms with Crippen molar-refractivity contribution in [3.05, 3.63) is 21.9 Å². The Morgan fingerprint density at radius 3 is 2.54 bits per heavy atom. The zero-order valence-corrected chi connectivity index (χ0v) is 9.32. The molecule has 0 aliphatic rings. The summed E-state index contributed by atoms with van der Waals surface area (Å²) in [5, 5.41) is 0. The second kappa shape index (κ2) is 4.74. The number of hydrazine groups is 1. The molecule has 74 valence electrons. The van der Waals surface area contributed by atoms with Crippen molar-refractivity contribution >= 4 is 11.3 Å². The third-order valence-electron chi connectivity index (χ3n) is 2.18. The van der Waals surface area contributed by atoms with Crippen LogP contribution >= 0.6 is 11.3 Å². The molecule has 1 heterocycles. The zero-order valence-electron chi connectivity index (χ0n) is 8.50. The molecule has 1 rings (SSSR count). The molecule has 0 fully saturated rings. The van der Waals surface area contributed by atoms with E-state index in [9.17, 15) is 0 Å². The van der Waals surface area contributed by atoms with Crippen LogP contribution in [0.3, 0.4) is 0 Å². The van der Waals surface area contributed by atoms with Crippen molar-refractivity contribution < 1.29 is 0 Å². The highest BCUT2D eigenvalue weighted by molar-refractivity contribution is 7.12. The molecule has 3 heteroatoms. The lowest BCUT2D eigenvalue weighted by molar-refractivity contribution is 0.427. The summed E-state index contributed by atoms with van der Waals surface area (Å²) in [6.45, 7) is 6.53. The number of rotatable bonds is 4. The Hall–Kier alpha value is -0.380. The lowest BCUT2D eigenvalue weighted by atomic mass is 10.0. The summed E-state index contributed by atoms with van der Waals surface area (Å²) >= 11 is 1.85. The van der Waals surface area contributed by atoms with E-state index in [-0.39, 0.29) is 0 Å². The van der Waals surface area contributed by atoms with E-state index < -0.39 is 0 Å². The highest BCUT2D eigenvalue weighted by Gasteiger charge is 2.15. The van der Waals surface area contributed by atoms with E-state index in [1.807, 2.05) is 11.3 Å². The summed E-state index contributed by atoms with van der Waals surface area (Å²) in [6.07, 6.45) is 1.11. The first-order chi connectivity index (χ1) is 6.19. The molecule has 0 spiro atoms. The van der Waals surface area contributed by atoms with Crippen LogP contribution in [0.1, 0.15) is 36.6 Å². The fourth-order valence-electron chi connectivity index (χ4n) is 1.35. The monoisotopic (exact) mass is 198 g/mol. The SMILES string of the molecule is CCc1ccc(C(NN)C(C)C)s1. The summed E-state index contributed by atoms with van der Waals surface area (Å²) in [6, 6.07) is 4.66. The van der Waals surface area contributed by atoms with Gasteiger partial charge in [0.25, 0.3) is 0 Å². The van der Waals surface area contributed by atoms with Gasteiger partial charge in [-0.05, 0) is 24.5 Å². The molecular weight excluding hydrogens is 180 g/mol. The highest BCUT2D eigenvalue weighted by atomic mass is 32.1. The molecule has 1 unspecified atom stereocenters. The second-order valence-electron chi connectivity index (χ2n) is 3.55. The van der Waals surface area contributed by atoms with Crippen molar-refractivity contribution in [2.75, 3.05) is 0 Å². The maximum absolute atomic E-state index is 5.51. The number of aryl methyl sites for hydroxylation is 1.